The molecule has 1 heterocycles. The lowest BCUT2D eigenvalue weighted by Gasteiger charge is -2.20. The Morgan fingerprint density at radius 2 is 1.96 bits per heavy atom. The molecular weight excluding hydrogens is 361 g/mol. The van der Waals surface area contributed by atoms with Gasteiger partial charge in [-0.25, -0.2) is 0 Å². The quantitative estimate of drug-likeness (QED) is 0.720. The van der Waals surface area contributed by atoms with Crippen molar-refractivity contribution >= 4 is 17.1 Å². The Labute approximate surface area is 156 Å². The lowest BCUT2D eigenvalue weighted by molar-refractivity contribution is -0.137. The first-order valence-corrected chi connectivity index (χ1v) is 10.0. The Bertz CT molecular complexity index is 684. The molecule has 0 radical (unpaired) electrons. The van der Waals surface area contributed by atoms with Gasteiger partial charge in [0.15, 0.2) is 0 Å². The van der Waals surface area contributed by atoms with E-state index in [-0.39, 0.29) is 10.7 Å². The van der Waals surface area contributed by atoms with Crippen LogP contribution in [0.4, 0.5) is 13.2 Å². The number of hydrogen-bond donors (Lipinski definition) is 0. The molecule has 0 aromatic heterocycles. The lowest BCUT2D eigenvalue weighted by atomic mass is 10.00. The topological polar surface area (TPSA) is 38.7 Å². The standard InChI is InChI=1S/C19H25F3N2OS/c1-18(2,3)26(25)23-17-8-7-14-11-24(12-16(14)17)10-13-5-4-6-15(9-13)19(20,21)22/h4-6,9,14,16H,7-8,10-12H2,1-3H3/b23-17-/t14-,16+,26?/m0/s1. The summed E-state index contributed by atoms with van der Waals surface area (Å²) in [5.41, 5.74) is 1.10. The van der Waals surface area contributed by atoms with E-state index in [2.05, 4.69) is 9.30 Å². The van der Waals surface area contributed by atoms with Crippen molar-refractivity contribution in [2.45, 2.75) is 51.1 Å². The van der Waals surface area contributed by atoms with Crippen LogP contribution in [0.25, 0.3) is 0 Å². The maximum absolute atomic E-state index is 12.9. The molecule has 3 nitrogen and oxygen atoms in total. The summed E-state index contributed by atoms with van der Waals surface area (Å²) in [4.78, 5) is 2.19. The zero-order chi connectivity index (χ0) is 19.1. The highest BCUT2D eigenvalue weighted by Crippen LogP contribution is 2.38. The molecule has 3 atom stereocenters. The number of rotatable bonds is 3. The van der Waals surface area contributed by atoms with Gasteiger partial charge >= 0.3 is 6.18 Å². The van der Waals surface area contributed by atoms with Gasteiger partial charge in [0.1, 0.15) is 16.1 Å². The van der Waals surface area contributed by atoms with Gasteiger partial charge in [-0.1, -0.05) is 22.6 Å². The molecule has 3 rings (SSSR count). The fraction of sp³-hybridized carbons (Fsp3) is 0.632. The molecule has 1 saturated carbocycles. The second kappa shape index (κ2) is 7.17. The second-order valence-corrected chi connectivity index (χ2v) is 10.1. The smallest absolute Gasteiger partial charge is 0.416 e. The second-order valence-electron chi connectivity index (χ2n) is 8.24. The van der Waals surface area contributed by atoms with Crippen molar-refractivity contribution in [3.05, 3.63) is 35.4 Å². The molecule has 1 aromatic rings. The highest BCUT2D eigenvalue weighted by molar-refractivity contribution is 7.91. The molecule has 0 amide bonds. The summed E-state index contributed by atoms with van der Waals surface area (Å²) < 4.78 is 55.1. The number of benzene rings is 1. The first-order chi connectivity index (χ1) is 12.0. The fourth-order valence-corrected chi connectivity index (χ4v) is 4.45. The van der Waals surface area contributed by atoms with Crippen LogP contribution in [0.15, 0.2) is 28.7 Å². The van der Waals surface area contributed by atoms with E-state index in [0.717, 1.165) is 37.7 Å². The maximum atomic E-state index is 12.9. The number of fused-ring (bicyclic) bond motifs is 1. The summed E-state index contributed by atoms with van der Waals surface area (Å²) in [7, 11) is 0. The molecule has 2 aliphatic rings. The van der Waals surface area contributed by atoms with Crippen LogP contribution in [-0.4, -0.2) is 33.0 Å². The van der Waals surface area contributed by atoms with Gasteiger partial charge in [0.25, 0.3) is 0 Å². The molecule has 1 saturated heterocycles. The van der Waals surface area contributed by atoms with Crippen LogP contribution in [-0.2, 0) is 24.1 Å². The van der Waals surface area contributed by atoms with Crippen molar-refractivity contribution in [2.24, 2.45) is 16.2 Å². The van der Waals surface area contributed by atoms with E-state index in [1.165, 1.54) is 12.1 Å². The summed E-state index contributed by atoms with van der Waals surface area (Å²) >= 11 is -1.25. The van der Waals surface area contributed by atoms with Gasteiger partial charge in [-0.15, -0.1) is 0 Å². The predicted molar refractivity (Wildman–Crippen MR) is 98.3 cm³/mol. The SMILES string of the molecule is CC(C)(C)[S+]([O-])/N=C1/CC[C@H]2CN(Cc3cccc(C(F)(F)F)c3)C[C@@H]12. The fourth-order valence-electron chi connectivity index (χ4n) is 3.74. The zero-order valence-electron chi connectivity index (χ0n) is 15.3. The van der Waals surface area contributed by atoms with Crippen LogP contribution in [0, 0.1) is 11.8 Å². The molecular formula is C19H25F3N2OS. The molecule has 7 heteroatoms. The van der Waals surface area contributed by atoms with Gasteiger partial charge in [0, 0.05) is 25.6 Å². The predicted octanol–water partition coefficient (Wildman–Crippen LogP) is 4.45. The molecule has 2 fully saturated rings. The van der Waals surface area contributed by atoms with Crippen LogP contribution in [0.5, 0.6) is 0 Å². The Morgan fingerprint density at radius 3 is 2.62 bits per heavy atom. The summed E-state index contributed by atoms with van der Waals surface area (Å²) in [5, 5.41) is 0. The van der Waals surface area contributed by atoms with Gasteiger partial charge in [-0.2, -0.15) is 13.2 Å². The Morgan fingerprint density at radius 1 is 1.23 bits per heavy atom. The van der Waals surface area contributed by atoms with E-state index in [1.807, 2.05) is 20.8 Å². The van der Waals surface area contributed by atoms with Gasteiger partial charge in [-0.05, 0) is 51.2 Å². The number of alkyl halides is 3. The first-order valence-electron chi connectivity index (χ1n) is 8.92. The van der Waals surface area contributed by atoms with E-state index >= 15 is 0 Å². The van der Waals surface area contributed by atoms with E-state index < -0.39 is 23.1 Å². The molecule has 0 N–H and O–H groups in total. The van der Waals surface area contributed by atoms with E-state index in [1.54, 1.807) is 6.07 Å². The lowest BCUT2D eigenvalue weighted by Crippen LogP contribution is -2.28. The molecule has 144 valence electrons. The number of halogens is 3. The average Bonchev–Trinajstić information content (AvgIpc) is 3.07. The van der Waals surface area contributed by atoms with Crippen molar-refractivity contribution in [2.75, 3.05) is 13.1 Å². The highest BCUT2D eigenvalue weighted by Gasteiger charge is 2.42. The maximum Gasteiger partial charge on any atom is 0.416 e. The number of likely N-dealkylation sites (tertiary alicyclic amines) is 1. The van der Waals surface area contributed by atoms with Gasteiger partial charge in [0.05, 0.1) is 11.3 Å². The number of nitrogens with zero attached hydrogens (tertiary/aromatic N) is 2. The van der Waals surface area contributed by atoms with E-state index in [4.69, 9.17) is 0 Å². The van der Waals surface area contributed by atoms with Gasteiger partial charge < -0.3 is 4.55 Å². The van der Waals surface area contributed by atoms with Crippen molar-refractivity contribution in [3.8, 4) is 0 Å². The molecule has 1 unspecified atom stereocenters. The van der Waals surface area contributed by atoms with Crippen LogP contribution in [0.3, 0.4) is 0 Å². The van der Waals surface area contributed by atoms with Crippen LogP contribution in [0.2, 0.25) is 0 Å². The molecule has 26 heavy (non-hydrogen) atoms. The van der Waals surface area contributed by atoms with E-state index in [0.29, 0.717) is 18.0 Å². The summed E-state index contributed by atoms with van der Waals surface area (Å²) in [6.07, 6.45) is -2.41. The molecule has 1 aliphatic carbocycles. The number of hydrogen-bond acceptors (Lipinski definition) is 3. The van der Waals surface area contributed by atoms with Crippen molar-refractivity contribution < 1.29 is 17.7 Å². The minimum atomic E-state index is -4.31. The molecule has 0 bridgehead atoms. The van der Waals surface area contributed by atoms with Crippen molar-refractivity contribution in [3.63, 3.8) is 0 Å². The van der Waals surface area contributed by atoms with Crippen molar-refractivity contribution in [1.29, 1.82) is 0 Å². The molecule has 0 spiro atoms. The Kier molecular flexibility index (Phi) is 5.43. The van der Waals surface area contributed by atoms with Crippen LogP contribution in [0.1, 0.15) is 44.7 Å². The minimum Gasteiger partial charge on any atom is -0.591 e. The normalized spacial score (nSPS) is 27.1. The van der Waals surface area contributed by atoms with Gasteiger partial charge in [-0.3, -0.25) is 4.90 Å². The zero-order valence-corrected chi connectivity index (χ0v) is 16.2. The highest BCUT2D eigenvalue weighted by atomic mass is 32.2. The average molecular weight is 386 g/mol. The van der Waals surface area contributed by atoms with Crippen molar-refractivity contribution in [1.82, 2.24) is 4.90 Å². The summed E-state index contributed by atoms with van der Waals surface area (Å²) in [5.74, 6) is 0.753. The third-order valence-corrected chi connectivity index (χ3v) is 6.55. The van der Waals surface area contributed by atoms with Crippen LogP contribution >= 0.6 is 0 Å². The molecule has 1 aromatic carbocycles. The monoisotopic (exact) mass is 386 g/mol. The van der Waals surface area contributed by atoms with E-state index in [9.17, 15) is 17.7 Å². The van der Waals surface area contributed by atoms with Crippen LogP contribution < -0.4 is 0 Å². The Hall–Kier alpha value is -1.05. The van der Waals surface area contributed by atoms with Gasteiger partial charge in [0.2, 0.25) is 0 Å². The molecule has 1 aliphatic heterocycles. The largest absolute Gasteiger partial charge is 0.591 e. The summed E-state index contributed by atoms with van der Waals surface area (Å²) in [6, 6.07) is 5.55. The third-order valence-electron chi connectivity index (χ3n) is 5.10. The summed E-state index contributed by atoms with van der Waals surface area (Å²) in [6.45, 7) is 7.88. The third kappa shape index (κ3) is 4.43. The first kappa shape index (κ1) is 19.7. The Balaban J connectivity index is 1.67. The minimum absolute atomic E-state index is 0.284.